The van der Waals surface area contributed by atoms with Gasteiger partial charge in [0.15, 0.2) is 17.5 Å². The molecule has 0 N–H and O–H groups in total. The molecular formula is C14H16O5. The molecule has 1 atom stereocenters. The minimum absolute atomic E-state index is 0.119. The van der Waals surface area contributed by atoms with Gasteiger partial charge in [-0.1, -0.05) is 12.1 Å². The minimum atomic E-state index is -1.41. The summed E-state index contributed by atoms with van der Waals surface area (Å²) < 4.78 is 9.75. The van der Waals surface area contributed by atoms with Crippen LogP contribution in [0.1, 0.15) is 24.2 Å². The Morgan fingerprint density at radius 3 is 2.47 bits per heavy atom. The Labute approximate surface area is 111 Å². The van der Waals surface area contributed by atoms with Crippen LogP contribution in [0.25, 0.3) is 0 Å². The maximum atomic E-state index is 12.2. The van der Waals surface area contributed by atoms with Gasteiger partial charge < -0.3 is 9.47 Å². The Morgan fingerprint density at radius 1 is 1.26 bits per heavy atom. The number of hydrogen-bond acceptors (Lipinski definition) is 5. The second kappa shape index (κ2) is 6.68. The molecule has 0 radical (unpaired) electrons. The van der Waals surface area contributed by atoms with Gasteiger partial charge in [0.25, 0.3) is 0 Å². The van der Waals surface area contributed by atoms with E-state index in [9.17, 15) is 14.4 Å². The fraction of sp³-hybridized carbons (Fsp3) is 0.357. The van der Waals surface area contributed by atoms with E-state index < -0.39 is 23.5 Å². The van der Waals surface area contributed by atoms with Crippen LogP contribution in [-0.2, 0) is 14.3 Å². The summed E-state index contributed by atoms with van der Waals surface area (Å²) in [6.45, 7) is 2.93. The van der Waals surface area contributed by atoms with E-state index in [0.717, 1.165) is 0 Å². The topological polar surface area (TPSA) is 69.7 Å². The van der Waals surface area contributed by atoms with Crippen molar-refractivity contribution in [3.63, 3.8) is 0 Å². The van der Waals surface area contributed by atoms with Gasteiger partial charge in [-0.05, 0) is 26.0 Å². The summed E-state index contributed by atoms with van der Waals surface area (Å²) in [5.41, 5.74) is 0.243. The highest BCUT2D eigenvalue weighted by Crippen LogP contribution is 2.17. The first-order valence-electron chi connectivity index (χ1n) is 5.86. The average Bonchev–Trinajstić information content (AvgIpc) is 2.38. The summed E-state index contributed by atoms with van der Waals surface area (Å²) >= 11 is 0. The number of esters is 1. The van der Waals surface area contributed by atoms with Crippen molar-refractivity contribution in [2.24, 2.45) is 5.92 Å². The van der Waals surface area contributed by atoms with E-state index in [1.165, 1.54) is 26.2 Å². The Kier molecular flexibility index (Phi) is 5.23. The maximum Gasteiger partial charge on any atom is 0.324 e. The van der Waals surface area contributed by atoms with Crippen molar-refractivity contribution in [2.75, 3.05) is 13.7 Å². The summed E-state index contributed by atoms with van der Waals surface area (Å²) in [6, 6.07) is 6.30. The number of rotatable bonds is 6. The van der Waals surface area contributed by atoms with Crippen LogP contribution in [0.5, 0.6) is 5.75 Å². The van der Waals surface area contributed by atoms with E-state index in [4.69, 9.17) is 9.47 Å². The van der Waals surface area contributed by atoms with Crippen molar-refractivity contribution < 1.29 is 23.9 Å². The molecule has 0 saturated carbocycles. The quantitative estimate of drug-likeness (QED) is 0.444. The first-order valence-corrected chi connectivity index (χ1v) is 5.86. The van der Waals surface area contributed by atoms with Crippen LogP contribution < -0.4 is 4.74 Å². The zero-order valence-corrected chi connectivity index (χ0v) is 11.1. The Balaban J connectivity index is 3.05. The van der Waals surface area contributed by atoms with E-state index in [0.29, 0.717) is 5.75 Å². The van der Waals surface area contributed by atoms with Crippen LogP contribution in [0.2, 0.25) is 0 Å². The Hall–Kier alpha value is -2.17. The lowest BCUT2D eigenvalue weighted by Gasteiger charge is -2.12. The molecule has 0 aliphatic carbocycles. The molecule has 0 aliphatic heterocycles. The van der Waals surface area contributed by atoms with Gasteiger partial charge >= 0.3 is 5.97 Å². The number of benzene rings is 1. The van der Waals surface area contributed by atoms with Gasteiger partial charge in [0.1, 0.15) is 5.75 Å². The van der Waals surface area contributed by atoms with Gasteiger partial charge in [0.2, 0.25) is 0 Å². The third kappa shape index (κ3) is 3.64. The fourth-order valence-corrected chi connectivity index (χ4v) is 1.63. The second-order valence-corrected chi connectivity index (χ2v) is 3.89. The van der Waals surface area contributed by atoms with E-state index in [1.54, 1.807) is 19.1 Å². The van der Waals surface area contributed by atoms with Gasteiger partial charge in [-0.15, -0.1) is 0 Å². The molecule has 0 fully saturated rings. The van der Waals surface area contributed by atoms with Crippen molar-refractivity contribution >= 4 is 17.5 Å². The van der Waals surface area contributed by atoms with E-state index in [-0.39, 0.29) is 12.2 Å². The van der Waals surface area contributed by atoms with Crippen molar-refractivity contribution in [1.29, 1.82) is 0 Å². The van der Waals surface area contributed by atoms with Crippen LogP contribution in [0, 0.1) is 5.92 Å². The number of carbonyl (C=O) groups is 3. The van der Waals surface area contributed by atoms with Gasteiger partial charge in [-0.2, -0.15) is 0 Å². The molecule has 102 valence electrons. The summed E-state index contributed by atoms with van der Waals surface area (Å²) in [7, 11) is 1.47. The predicted octanol–water partition coefficient (Wildman–Crippen LogP) is 1.65. The van der Waals surface area contributed by atoms with E-state index in [1.807, 2.05) is 0 Å². The number of ether oxygens (including phenoxy) is 2. The van der Waals surface area contributed by atoms with Crippen molar-refractivity contribution in [2.45, 2.75) is 13.8 Å². The molecular weight excluding hydrogens is 248 g/mol. The van der Waals surface area contributed by atoms with Crippen molar-refractivity contribution in [1.82, 2.24) is 0 Å². The van der Waals surface area contributed by atoms with E-state index >= 15 is 0 Å². The second-order valence-electron chi connectivity index (χ2n) is 3.89. The van der Waals surface area contributed by atoms with Gasteiger partial charge in [-0.3, -0.25) is 14.4 Å². The lowest BCUT2D eigenvalue weighted by atomic mass is 9.94. The van der Waals surface area contributed by atoms with Crippen LogP contribution in [0.3, 0.4) is 0 Å². The molecule has 1 aromatic rings. The third-order valence-electron chi connectivity index (χ3n) is 2.55. The zero-order chi connectivity index (χ0) is 14.4. The number of ketones is 2. The Morgan fingerprint density at radius 2 is 1.95 bits per heavy atom. The molecule has 1 rings (SSSR count). The number of methoxy groups -OCH3 is 1. The molecule has 0 bridgehead atoms. The highest BCUT2D eigenvalue weighted by molar-refractivity contribution is 6.22. The standard InChI is InChI=1S/C14H16O5/c1-4-19-14(17)12(9(2)15)13(16)10-6-5-7-11(8-10)18-3/h5-8,12H,4H2,1-3H3. The highest BCUT2D eigenvalue weighted by Gasteiger charge is 2.33. The normalized spacial score (nSPS) is 11.5. The molecule has 1 aromatic carbocycles. The fourth-order valence-electron chi connectivity index (χ4n) is 1.63. The smallest absolute Gasteiger partial charge is 0.324 e. The average molecular weight is 264 g/mol. The largest absolute Gasteiger partial charge is 0.497 e. The summed E-state index contributed by atoms with van der Waals surface area (Å²) in [4.78, 5) is 35.3. The lowest BCUT2D eigenvalue weighted by molar-refractivity contribution is -0.148. The zero-order valence-electron chi connectivity index (χ0n) is 11.1. The van der Waals surface area contributed by atoms with Crippen LogP contribution in [-0.4, -0.2) is 31.3 Å². The monoisotopic (exact) mass is 264 g/mol. The van der Waals surface area contributed by atoms with Crippen LogP contribution >= 0.6 is 0 Å². The maximum absolute atomic E-state index is 12.2. The lowest BCUT2D eigenvalue weighted by Crippen LogP contribution is -2.32. The van der Waals surface area contributed by atoms with E-state index in [2.05, 4.69) is 0 Å². The first-order chi connectivity index (χ1) is 9.01. The summed E-state index contributed by atoms with van der Waals surface area (Å²) in [5, 5.41) is 0. The molecule has 0 saturated heterocycles. The molecule has 5 nitrogen and oxygen atoms in total. The molecule has 1 unspecified atom stereocenters. The molecule has 0 heterocycles. The number of hydrogen-bond donors (Lipinski definition) is 0. The molecule has 0 spiro atoms. The summed E-state index contributed by atoms with van der Waals surface area (Å²) in [6.07, 6.45) is 0. The Bertz CT molecular complexity index is 492. The molecule has 0 aliphatic rings. The van der Waals surface area contributed by atoms with Crippen LogP contribution in [0.15, 0.2) is 24.3 Å². The van der Waals surface area contributed by atoms with Gasteiger partial charge in [0.05, 0.1) is 13.7 Å². The molecule has 19 heavy (non-hydrogen) atoms. The van der Waals surface area contributed by atoms with Crippen molar-refractivity contribution in [3.05, 3.63) is 29.8 Å². The highest BCUT2D eigenvalue weighted by atomic mass is 16.5. The van der Waals surface area contributed by atoms with Crippen LogP contribution in [0.4, 0.5) is 0 Å². The SMILES string of the molecule is CCOC(=O)C(C(C)=O)C(=O)c1cccc(OC)c1. The van der Waals surface area contributed by atoms with Gasteiger partial charge in [-0.25, -0.2) is 0 Å². The van der Waals surface area contributed by atoms with Crippen molar-refractivity contribution in [3.8, 4) is 5.75 Å². The first kappa shape index (κ1) is 14.9. The molecule has 0 amide bonds. The number of carbonyl (C=O) groups excluding carboxylic acids is 3. The predicted molar refractivity (Wildman–Crippen MR) is 68.1 cm³/mol. The minimum Gasteiger partial charge on any atom is -0.497 e. The third-order valence-corrected chi connectivity index (χ3v) is 2.55. The van der Waals surface area contributed by atoms with Gasteiger partial charge in [0, 0.05) is 5.56 Å². The molecule has 5 heteroatoms. The number of Topliss-reactive ketones (excluding diaryl/α,β-unsaturated/α-hetero) is 2. The summed E-state index contributed by atoms with van der Waals surface area (Å²) in [5.74, 6) is -2.86. The molecule has 0 aromatic heterocycles.